The number of sulfone groups is 1. The summed E-state index contributed by atoms with van der Waals surface area (Å²) in [4.78, 5) is 12.6. The van der Waals surface area contributed by atoms with Crippen LogP contribution < -0.4 is 0 Å². The molecule has 0 amide bonds. The van der Waals surface area contributed by atoms with Gasteiger partial charge in [0.1, 0.15) is 5.69 Å². The Kier molecular flexibility index (Phi) is 3.07. The summed E-state index contributed by atoms with van der Waals surface area (Å²) in [6, 6.07) is 6.69. The Morgan fingerprint density at radius 1 is 1.20 bits per heavy atom. The van der Waals surface area contributed by atoms with Gasteiger partial charge >= 0.3 is 0 Å². The second-order valence-corrected chi connectivity index (χ2v) is 6.86. The van der Waals surface area contributed by atoms with Gasteiger partial charge in [-0.1, -0.05) is 12.1 Å². The minimum Gasteiger partial charge on any atom is -0.257 e. The average Bonchev–Trinajstić information content (AvgIpc) is 2.81. The van der Waals surface area contributed by atoms with Gasteiger partial charge in [0.25, 0.3) is 0 Å². The molecule has 0 saturated heterocycles. The fourth-order valence-electron chi connectivity index (χ4n) is 2.09. The first-order valence-electron chi connectivity index (χ1n) is 5.82. The van der Waals surface area contributed by atoms with Crippen molar-refractivity contribution in [3.05, 3.63) is 47.0 Å². The van der Waals surface area contributed by atoms with Gasteiger partial charge in [-0.25, -0.2) is 18.4 Å². The Bertz CT molecular complexity index is 801. The van der Waals surface area contributed by atoms with Gasteiger partial charge in [-0.05, 0) is 29.3 Å². The molecule has 1 aliphatic heterocycles. The van der Waals surface area contributed by atoms with E-state index in [1.165, 1.54) is 6.26 Å². The van der Waals surface area contributed by atoms with Crippen LogP contribution >= 0.6 is 11.6 Å². The predicted octanol–water partition coefficient (Wildman–Crippen LogP) is 2.38. The fraction of sp³-hybridized carbons (Fsp3) is 0.154. The maximum Gasteiger partial charge on any atom is 0.222 e. The quantitative estimate of drug-likeness (QED) is 0.799. The summed E-state index contributed by atoms with van der Waals surface area (Å²) in [6.45, 7) is 0. The SMILES string of the molecule is CS(=O)(=O)c1ccc(C2C=Nc3cnc(Cl)nc32)cc1. The Hall–Kier alpha value is -1.79. The number of benzene rings is 1. The van der Waals surface area contributed by atoms with E-state index < -0.39 is 9.84 Å². The van der Waals surface area contributed by atoms with Gasteiger partial charge in [-0.15, -0.1) is 0 Å². The highest BCUT2D eigenvalue weighted by Crippen LogP contribution is 2.35. The summed E-state index contributed by atoms with van der Waals surface area (Å²) < 4.78 is 22.9. The molecule has 0 aliphatic carbocycles. The Morgan fingerprint density at radius 3 is 2.55 bits per heavy atom. The number of aromatic nitrogens is 2. The van der Waals surface area contributed by atoms with Gasteiger partial charge in [-0.3, -0.25) is 4.99 Å². The Morgan fingerprint density at radius 2 is 1.90 bits per heavy atom. The minimum atomic E-state index is -3.19. The first kappa shape index (κ1) is 13.2. The summed E-state index contributed by atoms with van der Waals surface area (Å²) in [5.74, 6) is -0.126. The van der Waals surface area contributed by atoms with Crippen molar-refractivity contribution in [3.63, 3.8) is 0 Å². The number of fused-ring (bicyclic) bond motifs is 1. The van der Waals surface area contributed by atoms with Crippen LogP contribution in [0.2, 0.25) is 5.28 Å². The van der Waals surface area contributed by atoms with Crippen LogP contribution in [0, 0.1) is 0 Å². The molecule has 7 heteroatoms. The molecule has 0 fully saturated rings. The van der Waals surface area contributed by atoms with E-state index in [9.17, 15) is 8.42 Å². The lowest BCUT2D eigenvalue weighted by Crippen LogP contribution is -2.03. The molecule has 0 radical (unpaired) electrons. The molecule has 1 unspecified atom stereocenters. The van der Waals surface area contributed by atoms with Gasteiger partial charge in [0.05, 0.1) is 22.7 Å². The molecule has 0 saturated carbocycles. The molecular weight excluding hydrogens is 298 g/mol. The number of rotatable bonds is 2. The molecule has 0 spiro atoms. The fourth-order valence-corrected chi connectivity index (χ4v) is 2.86. The smallest absolute Gasteiger partial charge is 0.222 e. The average molecular weight is 308 g/mol. The monoisotopic (exact) mass is 307 g/mol. The molecule has 102 valence electrons. The lowest BCUT2D eigenvalue weighted by atomic mass is 9.98. The second-order valence-electron chi connectivity index (χ2n) is 4.51. The van der Waals surface area contributed by atoms with Crippen LogP contribution in [0.3, 0.4) is 0 Å². The number of hydrogen-bond donors (Lipinski definition) is 0. The van der Waals surface area contributed by atoms with E-state index in [1.807, 2.05) is 0 Å². The van der Waals surface area contributed by atoms with Crippen molar-refractivity contribution < 1.29 is 8.42 Å². The van der Waals surface area contributed by atoms with Crippen molar-refractivity contribution in [1.29, 1.82) is 0 Å². The first-order chi connectivity index (χ1) is 9.45. The van der Waals surface area contributed by atoms with Crippen LogP contribution in [0.1, 0.15) is 17.2 Å². The number of halogens is 1. The molecule has 0 bridgehead atoms. The lowest BCUT2D eigenvalue weighted by Gasteiger charge is -2.09. The standard InChI is InChI=1S/C13H10ClN3O2S/c1-20(18,19)9-4-2-8(3-5-9)10-6-15-11-7-16-13(14)17-12(10)11/h2-7,10H,1H3. The van der Waals surface area contributed by atoms with Crippen LogP contribution in [-0.2, 0) is 9.84 Å². The molecule has 5 nitrogen and oxygen atoms in total. The minimum absolute atomic E-state index is 0.126. The number of aliphatic imine (C=N–C) groups is 1. The summed E-state index contributed by atoms with van der Waals surface area (Å²) in [5, 5.41) is 0.173. The maximum atomic E-state index is 11.4. The molecule has 0 N–H and O–H groups in total. The van der Waals surface area contributed by atoms with Crippen LogP contribution in [0.25, 0.3) is 0 Å². The van der Waals surface area contributed by atoms with E-state index in [-0.39, 0.29) is 16.1 Å². The highest BCUT2D eigenvalue weighted by atomic mass is 35.5. The molecule has 1 aromatic carbocycles. The molecule has 1 aliphatic rings. The molecule has 2 aromatic rings. The van der Waals surface area contributed by atoms with Crippen molar-refractivity contribution in [2.75, 3.05) is 6.26 Å². The van der Waals surface area contributed by atoms with Crippen LogP contribution in [-0.4, -0.2) is 30.9 Å². The molecule has 1 atom stereocenters. The van der Waals surface area contributed by atoms with Crippen molar-refractivity contribution in [2.45, 2.75) is 10.8 Å². The third-order valence-corrected chi connectivity index (χ3v) is 4.40. The zero-order valence-corrected chi connectivity index (χ0v) is 12.1. The van der Waals surface area contributed by atoms with Crippen molar-refractivity contribution in [2.24, 2.45) is 4.99 Å². The van der Waals surface area contributed by atoms with E-state index >= 15 is 0 Å². The van der Waals surface area contributed by atoms with Crippen LogP contribution in [0.5, 0.6) is 0 Å². The normalized spacial score (nSPS) is 17.2. The highest BCUT2D eigenvalue weighted by Gasteiger charge is 2.23. The first-order valence-corrected chi connectivity index (χ1v) is 8.09. The Labute approximate surface area is 121 Å². The molecule has 1 aromatic heterocycles. The summed E-state index contributed by atoms with van der Waals surface area (Å²) >= 11 is 5.80. The second kappa shape index (κ2) is 4.64. The third-order valence-electron chi connectivity index (χ3n) is 3.09. The Balaban J connectivity index is 2.01. The number of nitrogens with zero attached hydrogens (tertiary/aromatic N) is 3. The molecular formula is C13H10ClN3O2S. The molecule has 2 heterocycles. The lowest BCUT2D eigenvalue weighted by molar-refractivity contribution is 0.602. The van der Waals surface area contributed by atoms with Gasteiger partial charge in [0.2, 0.25) is 5.28 Å². The third kappa shape index (κ3) is 2.32. The summed E-state index contributed by atoms with van der Waals surface area (Å²) in [5.41, 5.74) is 2.33. The van der Waals surface area contributed by atoms with Crippen molar-refractivity contribution >= 4 is 33.3 Å². The van der Waals surface area contributed by atoms with E-state index in [0.717, 1.165) is 11.3 Å². The highest BCUT2D eigenvalue weighted by molar-refractivity contribution is 7.90. The molecule has 3 rings (SSSR count). The molecule has 20 heavy (non-hydrogen) atoms. The topological polar surface area (TPSA) is 72.3 Å². The largest absolute Gasteiger partial charge is 0.257 e. The van der Waals surface area contributed by atoms with E-state index in [4.69, 9.17) is 11.6 Å². The van der Waals surface area contributed by atoms with E-state index in [2.05, 4.69) is 15.0 Å². The van der Waals surface area contributed by atoms with Gasteiger partial charge < -0.3 is 0 Å². The van der Waals surface area contributed by atoms with Crippen molar-refractivity contribution in [3.8, 4) is 0 Å². The summed E-state index contributed by atoms with van der Waals surface area (Å²) in [7, 11) is -3.19. The zero-order valence-electron chi connectivity index (χ0n) is 10.5. The number of hydrogen-bond acceptors (Lipinski definition) is 5. The predicted molar refractivity (Wildman–Crippen MR) is 76.6 cm³/mol. The van der Waals surface area contributed by atoms with Crippen LogP contribution in [0.4, 0.5) is 5.69 Å². The van der Waals surface area contributed by atoms with Crippen molar-refractivity contribution in [1.82, 2.24) is 9.97 Å². The maximum absolute atomic E-state index is 11.4. The van der Waals surface area contributed by atoms with Gasteiger partial charge in [-0.2, -0.15) is 0 Å². The van der Waals surface area contributed by atoms with Gasteiger partial charge in [0.15, 0.2) is 9.84 Å². The zero-order chi connectivity index (χ0) is 14.3. The summed E-state index contributed by atoms with van der Waals surface area (Å²) in [6.07, 6.45) is 4.51. The van der Waals surface area contributed by atoms with Gasteiger partial charge in [0, 0.05) is 12.5 Å². The van der Waals surface area contributed by atoms with Crippen LogP contribution in [0.15, 0.2) is 40.4 Å². The van der Waals surface area contributed by atoms with E-state index in [0.29, 0.717) is 5.69 Å². The van der Waals surface area contributed by atoms with E-state index in [1.54, 1.807) is 36.7 Å².